The molecule has 2 heterocycles. The molecule has 3 rings (SSSR count). The first-order valence-corrected chi connectivity index (χ1v) is 8.45. The molecule has 1 atom stereocenters. The molecule has 5 heteroatoms. The van der Waals surface area contributed by atoms with Crippen molar-refractivity contribution in [2.45, 2.75) is 25.1 Å². The highest BCUT2D eigenvalue weighted by Crippen LogP contribution is 2.41. The Balaban J connectivity index is 1.97. The lowest BCUT2D eigenvalue weighted by Crippen LogP contribution is -2.31. The number of hydrogen-bond donors (Lipinski definition) is 0. The fourth-order valence-corrected chi connectivity index (χ4v) is 4.36. The Morgan fingerprint density at radius 2 is 2.10 bits per heavy atom. The Morgan fingerprint density at radius 1 is 1.33 bits per heavy atom. The fourth-order valence-electron chi connectivity index (χ4n) is 2.61. The third-order valence-corrected chi connectivity index (χ3v) is 6.27. The summed E-state index contributed by atoms with van der Waals surface area (Å²) in [6.07, 6.45) is 1.33. The van der Waals surface area contributed by atoms with Gasteiger partial charge in [0.05, 0.1) is 10.4 Å². The van der Waals surface area contributed by atoms with Crippen LogP contribution in [0.4, 0.5) is 5.69 Å². The molecule has 1 aliphatic heterocycles. The van der Waals surface area contributed by atoms with E-state index in [4.69, 9.17) is 23.2 Å². The first-order valence-electron chi connectivity index (χ1n) is 6.76. The van der Waals surface area contributed by atoms with Gasteiger partial charge in [0, 0.05) is 24.0 Å². The monoisotopic (exact) mass is 339 g/mol. The van der Waals surface area contributed by atoms with E-state index >= 15 is 0 Å². The molecule has 110 valence electrons. The van der Waals surface area contributed by atoms with Crippen LogP contribution in [0.3, 0.4) is 0 Å². The zero-order valence-corrected chi connectivity index (χ0v) is 14.1. The summed E-state index contributed by atoms with van der Waals surface area (Å²) in [6.45, 7) is 1.99. The number of carbonyl (C=O) groups excluding carboxylic acids is 1. The van der Waals surface area contributed by atoms with E-state index in [0.29, 0.717) is 6.42 Å². The summed E-state index contributed by atoms with van der Waals surface area (Å²) in [7, 11) is 1.82. The average molecular weight is 340 g/mol. The minimum absolute atomic E-state index is 0.162. The van der Waals surface area contributed by atoms with E-state index in [9.17, 15) is 4.79 Å². The summed E-state index contributed by atoms with van der Waals surface area (Å²) in [4.78, 5) is 14.4. The number of anilines is 1. The van der Waals surface area contributed by atoms with Crippen LogP contribution in [0.25, 0.3) is 0 Å². The number of benzene rings is 1. The Labute approximate surface area is 138 Å². The first kappa shape index (κ1) is 14.9. The van der Waals surface area contributed by atoms with Gasteiger partial charge in [-0.1, -0.05) is 23.7 Å². The van der Waals surface area contributed by atoms with Crippen molar-refractivity contribution in [2.24, 2.45) is 0 Å². The molecule has 1 aromatic carbocycles. The van der Waals surface area contributed by atoms with Crippen molar-refractivity contribution in [2.75, 3.05) is 11.9 Å². The minimum Gasteiger partial charge on any atom is -0.315 e. The molecule has 21 heavy (non-hydrogen) atoms. The van der Waals surface area contributed by atoms with Crippen molar-refractivity contribution in [3.05, 3.63) is 50.2 Å². The maximum Gasteiger partial charge on any atom is 0.227 e. The predicted octanol–water partition coefficient (Wildman–Crippen LogP) is 4.95. The number of carbonyl (C=O) groups is 1. The molecule has 0 bridgehead atoms. The normalized spacial score (nSPS) is 16.0. The molecule has 0 saturated heterocycles. The van der Waals surface area contributed by atoms with E-state index in [-0.39, 0.29) is 11.3 Å². The molecule has 1 unspecified atom stereocenters. The van der Waals surface area contributed by atoms with Gasteiger partial charge in [0.25, 0.3) is 0 Å². The maximum absolute atomic E-state index is 11.7. The van der Waals surface area contributed by atoms with Crippen LogP contribution in [0.5, 0.6) is 0 Å². The highest BCUT2D eigenvalue weighted by molar-refractivity contribution is 7.11. The SMILES string of the molecule is Cc1csc(C(Cl)c2ccc3c(c2)CCC(=O)N3C)c1Cl. The molecular formula is C16H15Cl2NOS. The van der Waals surface area contributed by atoms with E-state index in [1.54, 1.807) is 16.2 Å². The molecule has 0 N–H and O–H groups in total. The van der Waals surface area contributed by atoms with Crippen molar-refractivity contribution >= 4 is 46.1 Å². The third-order valence-electron chi connectivity index (χ3n) is 3.90. The Bertz CT molecular complexity index is 710. The summed E-state index contributed by atoms with van der Waals surface area (Å²) in [5.74, 6) is 0.162. The molecule has 0 radical (unpaired) electrons. The number of aryl methyl sites for hydroxylation is 2. The van der Waals surface area contributed by atoms with Gasteiger partial charge < -0.3 is 4.90 Å². The number of fused-ring (bicyclic) bond motifs is 1. The maximum atomic E-state index is 11.7. The van der Waals surface area contributed by atoms with E-state index in [2.05, 4.69) is 6.07 Å². The highest BCUT2D eigenvalue weighted by atomic mass is 35.5. The van der Waals surface area contributed by atoms with Crippen LogP contribution in [0.15, 0.2) is 23.6 Å². The van der Waals surface area contributed by atoms with Crippen molar-refractivity contribution < 1.29 is 4.79 Å². The van der Waals surface area contributed by atoms with Gasteiger partial charge in [0.1, 0.15) is 0 Å². The molecule has 1 aliphatic rings. The Kier molecular flexibility index (Phi) is 4.00. The zero-order valence-electron chi connectivity index (χ0n) is 11.8. The van der Waals surface area contributed by atoms with Gasteiger partial charge >= 0.3 is 0 Å². The van der Waals surface area contributed by atoms with E-state index in [1.807, 2.05) is 31.5 Å². The molecule has 0 saturated carbocycles. The molecule has 1 aromatic heterocycles. The molecule has 2 aromatic rings. The number of thiophene rings is 1. The van der Waals surface area contributed by atoms with Crippen LogP contribution in [0, 0.1) is 6.92 Å². The second-order valence-corrected chi connectivity index (χ2v) is 7.03. The van der Waals surface area contributed by atoms with Gasteiger partial charge in [-0.2, -0.15) is 0 Å². The van der Waals surface area contributed by atoms with Crippen LogP contribution in [0.2, 0.25) is 5.02 Å². The number of hydrogen-bond acceptors (Lipinski definition) is 2. The van der Waals surface area contributed by atoms with E-state index < -0.39 is 0 Å². The number of nitrogens with zero attached hydrogens (tertiary/aromatic N) is 1. The molecule has 0 spiro atoms. The number of rotatable bonds is 2. The van der Waals surface area contributed by atoms with Crippen LogP contribution < -0.4 is 4.90 Å². The lowest BCUT2D eigenvalue weighted by Gasteiger charge is -2.26. The van der Waals surface area contributed by atoms with E-state index in [1.165, 1.54) is 5.56 Å². The molecular weight excluding hydrogens is 325 g/mol. The average Bonchev–Trinajstić information content (AvgIpc) is 2.82. The lowest BCUT2D eigenvalue weighted by atomic mass is 9.97. The minimum atomic E-state index is -0.246. The van der Waals surface area contributed by atoms with Gasteiger partial charge in [0.2, 0.25) is 5.91 Å². The first-order chi connectivity index (χ1) is 9.99. The van der Waals surface area contributed by atoms with Crippen molar-refractivity contribution in [3.63, 3.8) is 0 Å². The fraction of sp³-hybridized carbons (Fsp3) is 0.312. The smallest absolute Gasteiger partial charge is 0.227 e. The van der Waals surface area contributed by atoms with Crippen LogP contribution >= 0.6 is 34.5 Å². The van der Waals surface area contributed by atoms with Crippen LogP contribution in [-0.2, 0) is 11.2 Å². The number of halogens is 2. The molecule has 0 aliphatic carbocycles. The quantitative estimate of drug-likeness (QED) is 0.709. The van der Waals surface area contributed by atoms with Crippen LogP contribution in [-0.4, -0.2) is 13.0 Å². The summed E-state index contributed by atoms with van der Waals surface area (Å²) in [5.41, 5.74) is 4.24. The second kappa shape index (κ2) is 5.64. The van der Waals surface area contributed by atoms with Gasteiger partial charge in [0.15, 0.2) is 0 Å². The van der Waals surface area contributed by atoms with Gasteiger partial charge in [-0.3, -0.25) is 4.79 Å². The van der Waals surface area contributed by atoms with Crippen molar-refractivity contribution in [1.29, 1.82) is 0 Å². The topological polar surface area (TPSA) is 20.3 Å². The number of alkyl halides is 1. The third kappa shape index (κ3) is 2.59. The van der Waals surface area contributed by atoms with E-state index in [0.717, 1.165) is 33.1 Å². The number of amides is 1. The molecule has 0 fully saturated rings. The van der Waals surface area contributed by atoms with Gasteiger partial charge in [-0.05, 0) is 41.5 Å². The lowest BCUT2D eigenvalue weighted by molar-refractivity contribution is -0.118. The largest absolute Gasteiger partial charge is 0.315 e. The zero-order chi connectivity index (χ0) is 15.1. The second-order valence-electron chi connectivity index (χ2n) is 5.30. The van der Waals surface area contributed by atoms with Crippen molar-refractivity contribution in [3.8, 4) is 0 Å². The molecule has 2 nitrogen and oxygen atoms in total. The predicted molar refractivity (Wildman–Crippen MR) is 89.9 cm³/mol. The summed E-state index contributed by atoms with van der Waals surface area (Å²) >= 11 is 14.5. The Hall–Kier alpha value is -1.03. The highest BCUT2D eigenvalue weighted by Gasteiger charge is 2.23. The standard InChI is InChI=1S/C16H15Cl2NOS/c1-9-8-21-16(14(9)17)15(18)11-3-5-12-10(7-11)4-6-13(20)19(12)2/h3,5,7-8,15H,4,6H2,1-2H3. The summed E-state index contributed by atoms with van der Waals surface area (Å²) in [6, 6.07) is 6.06. The van der Waals surface area contributed by atoms with Crippen molar-refractivity contribution in [1.82, 2.24) is 0 Å². The summed E-state index contributed by atoms with van der Waals surface area (Å²) < 4.78 is 0. The Morgan fingerprint density at radius 3 is 2.76 bits per heavy atom. The van der Waals surface area contributed by atoms with Gasteiger partial charge in [-0.15, -0.1) is 22.9 Å². The van der Waals surface area contributed by atoms with Gasteiger partial charge in [-0.25, -0.2) is 0 Å². The van der Waals surface area contributed by atoms with Crippen LogP contribution in [0.1, 0.15) is 33.4 Å². The molecule has 1 amide bonds. The summed E-state index contributed by atoms with van der Waals surface area (Å²) in [5, 5.41) is 2.53.